The van der Waals surface area contributed by atoms with Gasteiger partial charge in [-0.2, -0.15) is 0 Å². The molecule has 164 valence electrons. The number of urea groups is 1. The number of benzene rings is 2. The first kappa shape index (κ1) is 21.2. The molecule has 31 heavy (non-hydrogen) atoms. The van der Waals surface area contributed by atoms with Crippen LogP contribution >= 0.6 is 0 Å². The molecule has 2 aromatic rings. The van der Waals surface area contributed by atoms with Crippen LogP contribution in [0.5, 0.6) is 0 Å². The van der Waals surface area contributed by atoms with Crippen LogP contribution < -0.4 is 20.4 Å². The summed E-state index contributed by atoms with van der Waals surface area (Å²) in [6, 6.07) is 12.6. The topological polar surface area (TPSA) is 64.7 Å². The van der Waals surface area contributed by atoms with Crippen molar-refractivity contribution in [2.45, 2.75) is 45.2 Å². The molecule has 0 saturated carbocycles. The zero-order valence-electron chi connectivity index (χ0n) is 17.9. The Morgan fingerprint density at radius 3 is 2.68 bits per heavy atom. The van der Waals surface area contributed by atoms with E-state index in [4.69, 9.17) is 0 Å². The summed E-state index contributed by atoms with van der Waals surface area (Å²) >= 11 is 0. The van der Waals surface area contributed by atoms with Crippen molar-refractivity contribution in [3.05, 3.63) is 59.4 Å². The van der Waals surface area contributed by atoms with Gasteiger partial charge in [-0.3, -0.25) is 4.79 Å². The molecule has 0 spiro atoms. The Hall–Kier alpha value is -3.09. The predicted molar refractivity (Wildman–Crippen MR) is 120 cm³/mol. The van der Waals surface area contributed by atoms with Crippen LogP contribution in [-0.2, 0) is 11.3 Å². The number of rotatable bonds is 5. The number of aryl methyl sites for hydroxylation is 1. The zero-order valence-corrected chi connectivity index (χ0v) is 17.9. The quantitative estimate of drug-likeness (QED) is 0.769. The number of nitrogens with one attached hydrogen (secondary N) is 2. The minimum absolute atomic E-state index is 0.0304. The molecule has 2 N–H and O–H groups in total. The molecule has 3 amide bonds. The minimum Gasteiger partial charge on any atom is -0.367 e. The minimum atomic E-state index is -0.227. The average molecular weight is 425 g/mol. The number of hydrogen-bond donors (Lipinski definition) is 2. The molecule has 2 aliphatic rings. The number of nitrogens with zero attached hydrogens (tertiary/aromatic N) is 2. The highest BCUT2D eigenvalue weighted by molar-refractivity contribution is 5.95. The highest BCUT2D eigenvalue weighted by atomic mass is 19.1. The molecule has 2 aromatic carbocycles. The van der Waals surface area contributed by atoms with E-state index in [9.17, 15) is 14.0 Å². The van der Waals surface area contributed by atoms with Crippen LogP contribution in [0.4, 0.5) is 20.6 Å². The monoisotopic (exact) mass is 424 g/mol. The molecule has 0 aliphatic carbocycles. The summed E-state index contributed by atoms with van der Waals surface area (Å²) in [4.78, 5) is 28.1. The van der Waals surface area contributed by atoms with Gasteiger partial charge in [-0.15, -0.1) is 0 Å². The van der Waals surface area contributed by atoms with Crippen LogP contribution in [0.3, 0.4) is 0 Å². The van der Waals surface area contributed by atoms with Gasteiger partial charge in [-0.1, -0.05) is 18.2 Å². The molecule has 7 heteroatoms. The Morgan fingerprint density at radius 1 is 1.13 bits per heavy atom. The second-order valence-corrected chi connectivity index (χ2v) is 8.38. The van der Waals surface area contributed by atoms with E-state index in [0.717, 1.165) is 49.2 Å². The van der Waals surface area contributed by atoms with Crippen molar-refractivity contribution in [1.82, 2.24) is 10.6 Å². The van der Waals surface area contributed by atoms with Crippen LogP contribution in [0.2, 0.25) is 0 Å². The van der Waals surface area contributed by atoms with E-state index in [1.807, 2.05) is 42.2 Å². The normalized spacial score (nSPS) is 18.9. The van der Waals surface area contributed by atoms with Crippen LogP contribution in [-0.4, -0.2) is 37.6 Å². The van der Waals surface area contributed by atoms with Crippen molar-refractivity contribution < 1.29 is 14.0 Å². The first-order valence-corrected chi connectivity index (χ1v) is 10.9. The van der Waals surface area contributed by atoms with Crippen molar-refractivity contribution in [2.75, 3.05) is 29.4 Å². The summed E-state index contributed by atoms with van der Waals surface area (Å²) in [6.45, 7) is 4.50. The van der Waals surface area contributed by atoms with Crippen molar-refractivity contribution in [3.63, 3.8) is 0 Å². The highest BCUT2D eigenvalue weighted by Gasteiger charge is 2.24. The van der Waals surface area contributed by atoms with E-state index in [-0.39, 0.29) is 23.8 Å². The Bertz CT molecular complexity index is 947. The van der Waals surface area contributed by atoms with Gasteiger partial charge in [0.25, 0.3) is 0 Å². The molecule has 6 nitrogen and oxygen atoms in total. The highest BCUT2D eigenvalue weighted by Crippen LogP contribution is 2.25. The molecule has 4 rings (SSSR count). The number of anilines is 2. The van der Waals surface area contributed by atoms with Gasteiger partial charge >= 0.3 is 6.03 Å². The third-order valence-corrected chi connectivity index (χ3v) is 5.97. The predicted octanol–water partition coefficient (Wildman–Crippen LogP) is 3.73. The van der Waals surface area contributed by atoms with Crippen LogP contribution in [0.15, 0.2) is 42.5 Å². The van der Waals surface area contributed by atoms with Gasteiger partial charge in [0, 0.05) is 44.3 Å². The summed E-state index contributed by atoms with van der Waals surface area (Å²) < 4.78 is 14.2. The average Bonchev–Trinajstić information content (AvgIpc) is 3.20. The maximum absolute atomic E-state index is 14.2. The van der Waals surface area contributed by atoms with Gasteiger partial charge in [0.1, 0.15) is 5.82 Å². The van der Waals surface area contributed by atoms with Crippen LogP contribution in [0.1, 0.15) is 36.8 Å². The number of carbonyl (C=O) groups excluding carboxylic acids is 2. The summed E-state index contributed by atoms with van der Waals surface area (Å²) in [5, 5.41) is 5.91. The molecule has 2 aliphatic heterocycles. The fourth-order valence-electron chi connectivity index (χ4n) is 4.31. The van der Waals surface area contributed by atoms with Crippen LogP contribution in [0.25, 0.3) is 0 Å². The molecular weight excluding hydrogens is 395 g/mol. The van der Waals surface area contributed by atoms with Gasteiger partial charge in [0.2, 0.25) is 5.91 Å². The maximum Gasteiger partial charge on any atom is 0.315 e. The maximum atomic E-state index is 14.2. The molecule has 0 bridgehead atoms. The molecule has 1 unspecified atom stereocenters. The van der Waals surface area contributed by atoms with Gasteiger partial charge in [-0.25, -0.2) is 9.18 Å². The standard InChI is InChI=1S/C24H29FN4O2/c1-17-6-11-21(25)22(14-17)28-12-2-4-19(16-28)27-24(31)26-15-18-7-9-20(10-8-18)29-13-3-5-23(29)30/h6-11,14,19H,2-5,12-13,15-16H2,1H3,(H2,26,27,31). The van der Waals surface area contributed by atoms with Gasteiger partial charge in [-0.05, 0) is 61.6 Å². The van der Waals surface area contributed by atoms with Crippen LogP contribution in [0, 0.1) is 12.7 Å². The van der Waals surface area contributed by atoms with E-state index < -0.39 is 0 Å². The molecule has 0 aromatic heterocycles. The number of amides is 3. The summed E-state index contributed by atoms with van der Waals surface area (Å²) in [5.41, 5.74) is 3.49. The SMILES string of the molecule is Cc1ccc(F)c(N2CCCC(NC(=O)NCc3ccc(N4CCCC4=O)cc3)C2)c1. The summed E-state index contributed by atoms with van der Waals surface area (Å²) in [5.74, 6) is -0.0629. The smallest absolute Gasteiger partial charge is 0.315 e. The Kier molecular flexibility index (Phi) is 6.39. The van der Waals surface area contributed by atoms with Gasteiger partial charge in [0.15, 0.2) is 0 Å². The van der Waals surface area contributed by atoms with E-state index in [2.05, 4.69) is 10.6 Å². The number of halogens is 1. The van der Waals surface area contributed by atoms with Crippen molar-refractivity contribution in [1.29, 1.82) is 0 Å². The molecule has 2 saturated heterocycles. The number of hydrogen-bond acceptors (Lipinski definition) is 3. The van der Waals surface area contributed by atoms with Gasteiger partial charge in [0.05, 0.1) is 5.69 Å². The van der Waals surface area contributed by atoms with Crippen molar-refractivity contribution >= 4 is 23.3 Å². The Balaban J connectivity index is 1.27. The summed E-state index contributed by atoms with van der Waals surface area (Å²) in [6.07, 6.45) is 3.28. The lowest BCUT2D eigenvalue weighted by Crippen LogP contribution is -2.50. The van der Waals surface area contributed by atoms with E-state index in [1.54, 1.807) is 11.0 Å². The molecular formula is C24H29FN4O2. The fraction of sp³-hybridized carbons (Fsp3) is 0.417. The first-order valence-electron chi connectivity index (χ1n) is 10.9. The fourth-order valence-corrected chi connectivity index (χ4v) is 4.31. The van der Waals surface area contributed by atoms with Gasteiger partial charge < -0.3 is 20.4 Å². The lowest BCUT2D eigenvalue weighted by Gasteiger charge is -2.35. The number of carbonyl (C=O) groups is 2. The van der Waals surface area contributed by atoms with E-state index >= 15 is 0 Å². The Labute approximate surface area is 182 Å². The second-order valence-electron chi connectivity index (χ2n) is 8.38. The molecule has 2 heterocycles. The third kappa shape index (κ3) is 5.16. The third-order valence-electron chi connectivity index (χ3n) is 5.97. The zero-order chi connectivity index (χ0) is 21.8. The number of piperidine rings is 1. The van der Waals surface area contributed by atoms with E-state index in [1.165, 1.54) is 6.07 Å². The molecule has 2 fully saturated rings. The summed E-state index contributed by atoms with van der Waals surface area (Å²) in [7, 11) is 0. The van der Waals surface area contributed by atoms with E-state index in [0.29, 0.717) is 25.2 Å². The molecule has 1 atom stereocenters. The van der Waals surface area contributed by atoms with Crippen molar-refractivity contribution in [3.8, 4) is 0 Å². The first-order chi connectivity index (χ1) is 15.0. The molecule has 0 radical (unpaired) electrons. The largest absolute Gasteiger partial charge is 0.367 e. The lowest BCUT2D eigenvalue weighted by molar-refractivity contribution is -0.117. The van der Waals surface area contributed by atoms with Crippen molar-refractivity contribution in [2.24, 2.45) is 0 Å². The lowest BCUT2D eigenvalue weighted by atomic mass is 10.0. The second kappa shape index (κ2) is 9.37. The Morgan fingerprint density at radius 2 is 1.94 bits per heavy atom.